The van der Waals surface area contributed by atoms with Gasteiger partial charge in [-0.2, -0.15) is 0 Å². The van der Waals surface area contributed by atoms with E-state index < -0.39 is 6.10 Å². The summed E-state index contributed by atoms with van der Waals surface area (Å²) in [5.74, 6) is 0.638. The van der Waals surface area contributed by atoms with Gasteiger partial charge in [-0.05, 0) is 31.4 Å². The van der Waals surface area contributed by atoms with Gasteiger partial charge in [0.15, 0.2) is 6.10 Å². The van der Waals surface area contributed by atoms with E-state index in [1.54, 1.807) is 7.11 Å². The van der Waals surface area contributed by atoms with E-state index in [4.69, 9.17) is 9.47 Å². The number of anilines is 1. The van der Waals surface area contributed by atoms with Crippen LogP contribution in [0.4, 0.5) is 5.69 Å². The van der Waals surface area contributed by atoms with E-state index in [-0.39, 0.29) is 11.5 Å². The van der Waals surface area contributed by atoms with E-state index in [1.807, 2.05) is 24.3 Å². The van der Waals surface area contributed by atoms with E-state index in [0.717, 1.165) is 24.3 Å². The van der Waals surface area contributed by atoms with E-state index in [1.165, 1.54) is 6.42 Å². The van der Waals surface area contributed by atoms with Crippen LogP contribution in [0, 0.1) is 0 Å². The molecule has 0 aromatic heterocycles. The van der Waals surface area contributed by atoms with Gasteiger partial charge in [0, 0.05) is 13.7 Å². The smallest absolute Gasteiger partial charge is 0.263 e. The number of benzene rings is 1. The Balaban J connectivity index is 1.56. The first kappa shape index (κ1) is 13.2. The molecule has 2 aliphatic rings. The molecular weight excluding hydrogens is 256 g/mol. The fourth-order valence-corrected chi connectivity index (χ4v) is 2.65. The summed E-state index contributed by atoms with van der Waals surface area (Å²) in [5.41, 5.74) is 0.777. The number of nitrogens with one attached hydrogen (secondary N) is 2. The van der Waals surface area contributed by atoms with Crippen LogP contribution in [0.3, 0.4) is 0 Å². The van der Waals surface area contributed by atoms with Gasteiger partial charge in [-0.1, -0.05) is 12.1 Å². The Morgan fingerprint density at radius 2 is 2.30 bits per heavy atom. The molecule has 1 fully saturated rings. The van der Waals surface area contributed by atoms with Gasteiger partial charge in [0.05, 0.1) is 17.8 Å². The largest absolute Gasteiger partial charge is 0.477 e. The zero-order valence-electron chi connectivity index (χ0n) is 11.6. The van der Waals surface area contributed by atoms with Gasteiger partial charge in [-0.15, -0.1) is 0 Å². The summed E-state index contributed by atoms with van der Waals surface area (Å²) in [5, 5.41) is 6.16. The predicted molar refractivity (Wildman–Crippen MR) is 75.9 cm³/mol. The molecular formula is C15H20N2O3. The van der Waals surface area contributed by atoms with Crippen molar-refractivity contribution in [3.05, 3.63) is 24.3 Å². The second-order valence-electron chi connectivity index (χ2n) is 5.44. The average molecular weight is 276 g/mol. The van der Waals surface area contributed by atoms with E-state index in [2.05, 4.69) is 10.6 Å². The summed E-state index contributed by atoms with van der Waals surface area (Å²) in [7, 11) is 1.71. The number of amides is 1. The lowest BCUT2D eigenvalue weighted by atomic mass is 9.80. The first-order valence-corrected chi connectivity index (χ1v) is 7.05. The number of carbonyl (C=O) groups excluding carboxylic acids is 1. The number of rotatable bonds is 4. The summed E-state index contributed by atoms with van der Waals surface area (Å²) in [4.78, 5) is 12.2. The molecule has 2 N–H and O–H groups in total. The Hall–Kier alpha value is -1.75. The van der Waals surface area contributed by atoms with Crippen molar-refractivity contribution in [1.29, 1.82) is 0 Å². The molecule has 0 spiro atoms. The molecule has 1 unspecified atom stereocenters. The molecule has 0 saturated heterocycles. The van der Waals surface area contributed by atoms with Crippen LogP contribution in [-0.2, 0) is 9.53 Å². The van der Waals surface area contributed by atoms with Crippen LogP contribution in [0.25, 0.3) is 0 Å². The van der Waals surface area contributed by atoms with Crippen molar-refractivity contribution in [3.63, 3.8) is 0 Å². The Labute approximate surface area is 118 Å². The molecule has 0 bridgehead atoms. The highest BCUT2D eigenvalue weighted by molar-refractivity contribution is 5.83. The lowest BCUT2D eigenvalue weighted by molar-refractivity contribution is -0.131. The maximum absolute atomic E-state index is 12.2. The molecule has 108 valence electrons. The summed E-state index contributed by atoms with van der Waals surface area (Å²) in [6.45, 7) is 1.05. The highest BCUT2D eigenvalue weighted by Gasteiger charge is 2.38. The molecule has 1 aromatic rings. The van der Waals surface area contributed by atoms with Crippen molar-refractivity contribution in [2.24, 2.45) is 0 Å². The second-order valence-corrected chi connectivity index (χ2v) is 5.44. The van der Waals surface area contributed by atoms with Crippen LogP contribution < -0.4 is 15.4 Å². The van der Waals surface area contributed by atoms with E-state index in [9.17, 15) is 4.79 Å². The minimum absolute atomic E-state index is 0.0877. The fourth-order valence-electron chi connectivity index (χ4n) is 2.65. The molecule has 1 heterocycles. The van der Waals surface area contributed by atoms with Gasteiger partial charge < -0.3 is 20.1 Å². The molecule has 1 saturated carbocycles. The number of methoxy groups -OCH3 is 1. The van der Waals surface area contributed by atoms with Crippen molar-refractivity contribution in [2.45, 2.75) is 31.0 Å². The molecule has 5 nitrogen and oxygen atoms in total. The number of para-hydroxylation sites is 2. The van der Waals surface area contributed by atoms with Crippen molar-refractivity contribution in [2.75, 3.05) is 25.5 Å². The molecule has 3 rings (SSSR count). The Morgan fingerprint density at radius 1 is 1.50 bits per heavy atom. The third-order valence-corrected chi connectivity index (χ3v) is 4.21. The average Bonchev–Trinajstić information content (AvgIpc) is 2.46. The van der Waals surface area contributed by atoms with Gasteiger partial charge in [0.1, 0.15) is 5.75 Å². The maximum atomic E-state index is 12.2. The zero-order chi connectivity index (χ0) is 14.0. The topological polar surface area (TPSA) is 59.6 Å². The maximum Gasteiger partial charge on any atom is 0.263 e. The second kappa shape index (κ2) is 5.32. The van der Waals surface area contributed by atoms with Crippen molar-refractivity contribution in [1.82, 2.24) is 5.32 Å². The molecule has 5 heteroatoms. The van der Waals surface area contributed by atoms with E-state index >= 15 is 0 Å². The quantitative estimate of drug-likeness (QED) is 0.876. The summed E-state index contributed by atoms with van der Waals surface area (Å²) in [6, 6.07) is 7.64. The number of ether oxygens (including phenoxy) is 2. The number of hydrogen-bond donors (Lipinski definition) is 2. The molecule has 1 aliphatic heterocycles. The fraction of sp³-hybridized carbons (Fsp3) is 0.533. The van der Waals surface area contributed by atoms with Crippen LogP contribution >= 0.6 is 0 Å². The lowest BCUT2D eigenvalue weighted by Gasteiger charge is -2.40. The van der Waals surface area contributed by atoms with Crippen LogP contribution in [0.2, 0.25) is 0 Å². The number of fused-ring (bicyclic) bond motifs is 1. The van der Waals surface area contributed by atoms with E-state index in [0.29, 0.717) is 13.1 Å². The third kappa shape index (κ3) is 2.45. The Kier molecular flexibility index (Phi) is 3.53. The molecule has 0 radical (unpaired) electrons. The van der Waals surface area contributed by atoms with Crippen LogP contribution in [0.1, 0.15) is 19.3 Å². The van der Waals surface area contributed by atoms with Gasteiger partial charge >= 0.3 is 0 Å². The van der Waals surface area contributed by atoms with Crippen LogP contribution in [0.15, 0.2) is 24.3 Å². The summed E-state index contributed by atoms with van der Waals surface area (Å²) in [6.07, 6.45) is 2.70. The normalized spacial score (nSPS) is 22.8. The van der Waals surface area contributed by atoms with Gasteiger partial charge in [0.2, 0.25) is 0 Å². The summed E-state index contributed by atoms with van der Waals surface area (Å²) >= 11 is 0. The standard InChI is InChI=1S/C15H20N2O3/c1-19-15(7-4-8-15)10-17-14(18)13-9-16-11-5-2-3-6-12(11)20-13/h2-3,5-6,13,16H,4,7-10H2,1H3,(H,17,18). The Bertz CT molecular complexity index is 494. The summed E-state index contributed by atoms with van der Waals surface area (Å²) < 4.78 is 11.2. The minimum Gasteiger partial charge on any atom is -0.477 e. The molecule has 1 aliphatic carbocycles. The highest BCUT2D eigenvalue weighted by atomic mass is 16.5. The molecule has 20 heavy (non-hydrogen) atoms. The SMILES string of the molecule is COC1(CNC(=O)C2CNc3ccccc3O2)CCC1. The van der Waals surface area contributed by atoms with Crippen molar-refractivity contribution < 1.29 is 14.3 Å². The first-order chi connectivity index (χ1) is 9.72. The molecule has 1 amide bonds. The van der Waals surface area contributed by atoms with Gasteiger partial charge in [0.25, 0.3) is 5.91 Å². The van der Waals surface area contributed by atoms with Crippen molar-refractivity contribution in [3.8, 4) is 5.75 Å². The number of carbonyl (C=O) groups is 1. The predicted octanol–water partition coefficient (Wildman–Crippen LogP) is 1.54. The third-order valence-electron chi connectivity index (χ3n) is 4.21. The monoisotopic (exact) mass is 276 g/mol. The number of hydrogen-bond acceptors (Lipinski definition) is 4. The lowest BCUT2D eigenvalue weighted by Crippen LogP contribution is -2.53. The van der Waals surface area contributed by atoms with Gasteiger partial charge in [-0.25, -0.2) is 0 Å². The van der Waals surface area contributed by atoms with Gasteiger partial charge in [-0.3, -0.25) is 4.79 Å². The van der Waals surface area contributed by atoms with Crippen LogP contribution in [0.5, 0.6) is 5.75 Å². The zero-order valence-corrected chi connectivity index (χ0v) is 11.6. The minimum atomic E-state index is -0.487. The Morgan fingerprint density at radius 3 is 3.00 bits per heavy atom. The van der Waals surface area contributed by atoms with Crippen LogP contribution in [-0.4, -0.2) is 37.8 Å². The molecule has 1 atom stereocenters. The highest BCUT2D eigenvalue weighted by Crippen LogP contribution is 2.34. The van der Waals surface area contributed by atoms with Crippen molar-refractivity contribution >= 4 is 11.6 Å². The first-order valence-electron chi connectivity index (χ1n) is 7.05. The molecule has 1 aromatic carbocycles.